The van der Waals surface area contributed by atoms with Crippen LogP contribution in [-0.2, 0) is 22.5 Å². The number of aryl methyl sites for hydroxylation is 1. The number of fused-ring (bicyclic) bond motifs is 1. The summed E-state index contributed by atoms with van der Waals surface area (Å²) < 4.78 is 6.19. The summed E-state index contributed by atoms with van der Waals surface area (Å²) in [6.07, 6.45) is 5.25. The van der Waals surface area contributed by atoms with Crippen LogP contribution in [-0.4, -0.2) is 34.2 Å². The van der Waals surface area contributed by atoms with Gasteiger partial charge in [0, 0.05) is 24.7 Å². The molecule has 1 unspecified atom stereocenters. The lowest BCUT2D eigenvalue weighted by Gasteiger charge is -2.38. The van der Waals surface area contributed by atoms with Crippen molar-refractivity contribution in [2.75, 3.05) is 6.54 Å². The van der Waals surface area contributed by atoms with Crippen molar-refractivity contribution in [1.29, 1.82) is 0 Å². The Labute approximate surface area is 199 Å². The maximum absolute atomic E-state index is 12.5. The Morgan fingerprint density at radius 1 is 1.03 bits per heavy atom. The number of hydrogen-bond acceptors (Lipinski definition) is 3. The zero-order chi connectivity index (χ0) is 23.9. The number of rotatable bonds is 5. The van der Waals surface area contributed by atoms with Crippen LogP contribution in [0.15, 0.2) is 24.3 Å². The maximum Gasteiger partial charge on any atom is 0.337 e. The van der Waals surface area contributed by atoms with E-state index < -0.39 is 17.7 Å². The van der Waals surface area contributed by atoms with Crippen LogP contribution in [0.5, 0.6) is 0 Å². The van der Waals surface area contributed by atoms with Gasteiger partial charge >= 0.3 is 5.97 Å². The highest BCUT2D eigenvalue weighted by Gasteiger charge is 2.35. The number of carboxylic acid groups (broad SMARTS) is 1. The van der Waals surface area contributed by atoms with E-state index in [2.05, 4.69) is 49.9 Å². The molecule has 1 fully saturated rings. The van der Waals surface area contributed by atoms with Crippen molar-refractivity contribution in [3.63, 3.8) is 0 Å². The van der Waals surface area contributed by atoms with Crippen molar-refractivity contribution >= 4 is 5.97 Å². The van der Waals surface area contributed by atoms with Gasteiger partial charge in [0.05, 0.1) is 5.60 Å². The minimum absolute atomic E-state index is 0.566. The molecule has 2 aromatic carbocycles. The topological polar surface area (TPSA) is 49.8 Å². The second-order valence-electron chi connectivity index (χ2n) is 11.0. The van der Waals surface area contributed by atoms with E-state index in [0.717, 1.165) is 41.8 Å². The SMILES string of the molecule is Cc1ccc(-c2c(C)c3c(c(C)c2C(OC(C)(C)C)C(=O)O)CCN(C2CCCC2)C3)cc1. The normalized spacial score (nSPS) is 18.4. The van der Waals surface area contributed by atoms with Gasteiger partial charge in [0.1, 0.15) is 0 Å². The fourth-order valence-corrected chi connectivity index (χ4v) is 5.83. The number of benzene rings is 2. The molecule has 0 spiro atoms. The summed E-state index contributed by atoms with van der Waals surface area (Å²) in [5.41, 5.74) is 8.59. The lowest BCUT2D eigenvalue weighted by Crippen LogP contribution is -2.39. The molecule has 4 heteroatoms. The van der Waals surface area contributed by atoms with Crippen LogP contribution in [0.4, 0.5) is 0 Å². The molecule has 4 rings (SSSR count). The standard InChI is InChI=1S/C29H39NO3/c1-18-11-13-21(14-12-18)25-20(3)24-17-30(22-9-7-8-10-22)16-15-23(24)19(2)26(25)27(28(31)32)33-29(4,5)6/h11-14,22,27H,7-10,15-17H2,1-6H3,(H,31,32). The Balaban J connectivity index is 1.91. The Morgan fingerprint density at radius 2 is 1.67 bits per heavy atom. The van der Waals surface area contributed by atoms with Crippen LogP contribution in [0.3, 0.4) is 0 Å². The summed E-state index contributed by atoms with van der Waals surface area (Å²) in [5.74, 6) is -0.927. The second-order valence-corrected chi connectivity index (χ2v) is 11.0. The molecule has 178 valence electrons. The zero-order valence-electron chi connectivity index (χ0n) is 21.1. The van der Waals surface area contributed by atoms with Crippen molar-refractivity contribution in [2.45, 2.75) is 97.9 Å². The van der Waals surface area contributed by atoms with Crippen molar-refractivity contribution in [2.24, 2.45) is 0 Å². The van der Waals surface area contributed by atoms with Gasteiger partial charge in [0.2, 0.25) is 0 Å². The minimum atomic E-state index is -1.00. The third kappa shape index (κ3) is 4.88. The fourth-order valence-electron chi connectivity index (χ4n) is 5.83. The molecular weight excluding hydrogens is 410 g/mol. The van der Waals surface area contributed by atoms with E-state index in [4.69, 9.17) is 4.74 Å². The fraction of sp³-hybridized carbons (Fsp3) is 0.552. The monoisotopic (exact) mass is 449 g/mol. The molecule has 1 aliphatic carbocycles. The third-order valence-corrected chi connectivity index (χ3v) is 7.47. The molecule has 2 aromatic rings. The molecule has 0 aromatic heterocycles. The predicted molar refractivity (Wildman–Crippen MR) is 134 cm³/mol. The number of carbonyl (C=O) groups is 1. The molecule has 0 bridgehead atoms. The number of aliphatic carboxylic acids is 1. The van der Waals surface area contributed by atoms with E-state index in [0.29, 0.717) is 6.04 Å². The summed E-state index contributed by atoms with van der Waals surface area (Å²) in [7, 11) is 0. The smallest absolute Gasteiger partial charge is 0.337 e. The Morgan fingerprint density at radius 3 is 2.24 bits per heavy atom. The van der Waals surface area contributed by atoms with Gasteiger partial charge in [-0.25, -0.2) is 4.79 Å². The first-order valence-electron chi connectivity index (χ1n) is 12.4. The molecule has 2 aliphatic rings. The Bertz CT molecular complexity index is 1030. The quantitative estimate of drug-likeness (QED) is 0.564. The molecule has 1 N–H and O–H groups in total. The number of nitrogens with zero attached hydrogens (tertiary/aromatic N) is 1. The lowest BCUT2D eigenvalue weighted by atomic mass is 9.80. The molecular formula is C29H39NO3. The van der Waals surface area contributed by atoms with Crippen LogP contribution < -0.4 is 0 Å². The van der Waals surface area contributed by atoms with Crippen molar-refractivity contribution in [3.8, 4) is 11.1 Å². The van der Waals surface area contributed by atoms with Gasteiger partial charge in [-0.05, 0) is 94.2 Å². The summed E-state index contributed by atoms with van der Waals surface area (Å²) in [4.78, 5) is 15.2. The van der Waals surface area contributed by atoms with E-state index in [-0.39, 0.29) is 0 Å². The van der Waals surface area contributed by atoms with Gasteiger partial charge in [-0.1, -0.05) is 42.7 Å². The Kier molecular flexibility index (Phi) is 6.70. The number of hydrogen-bond donors (Lipinski definition) is 1. The summed E-state index contributed by atoms with van der Waals surface area (Å²) in [6, 6.07) is 9.16. The largest absolute Gasteiger partial charge is 0.479 e. The predicted octanol–water partition coefficient (Wildman–Crippen LogP) is 6.52. The first kappa shape index (κ1) is 24.0. The number of ether oxygens (including phenoxy) is 1. The molecule has 4 nitrogen and oxygen atoms in total. The van der Waals surface area contributed by atoms with Crippen molar-refractivity contribution in [1.82, 2.24) is 4.90 Å². The van der Waals surface area contributed by atoms with Gasteiger partial charge in [-0.15, -0.1) is 0 Å². The van der Waals surface area contributed by atoms with Crippen LogP contribution in [0, 0.1) is 20.8 Å². The van der Waals surface area contributed by atoms with Gasteiger partial charge < -0.3 is 9.84 Å². The van der Waals surface area contributed by atoms with Gasteiger partial charge in [-0.2, -0.15) is 0 Å². The summed E-state index contributed by atoms with van der Waals surface area (Å²) in [5, 5.41) is 10.3. The molecule has 1 atom stereocenters. The summed E-state index contributed by atoms with van der Waals surface area (Å²) >= 11 is 0. The van der Waals surface area contributed by atoms with Gasteiger partial charge in [-0.3, -0.25) is 4.90 Å². The van der Waals surface area contributed by atoms with E-state index in [1.807, 2.05) is 20.8 Å². The first-order chi connectivity index (χ1) is 15.6. The lowest BCUT2D eigenvalue weighted by molar-refractivity contribution is -0.160. The molecule has 0 saturated heterocycles. The van der Waals surface area contributed by atoms with Crippen molar-refractivity contribution in [3.05, 3.63) is 57.6 Å². The van der Waals surface area contributed by atoms with Crippen molar-refractivity contribution < 1.29 is 14.6 Å². The van der Waals surface area contributed by atoms with Gasteiger partial charge in [0.25, 0.3) is 0 Å². The first-order valence-corrected chi connectivity index (χ1v) is 12.4. The highest BCUT2D eigenvalue weighted by Crippen LogP contribution is 2.43. The molecule has 33 heavy (non-hydrogen) atoms. The Hall–Kier alpha value is -2.17. The highest BCUT2D eigenvalue weighted by atomic mass is 16.5. The second kappa shape index (κ2) is 9.23. The average Bonchev–Trinajstić information content (AvgIpc) is 3.29. The average molecular weight is 450 g/mol. The van der Waals surface area contributed by atoms with Crippen LogP contribution in [0.2, 0.25) is 0 Å². The maximum atomic E-state index is 12.5. The van der Waals surface area contributed by atoms with E-state index in [1.54, 1.807) is 0 Å². The van der Waals surface area contributed by atoms with E-state index in [9.17, 15) is 9.90 Å². The van der Waals surface area contributed by atoms with Crippen LogP contribution in [0.1, 0.15) is 85.9 Å². The van der Waals surface area contributed by atoms with E-state index in [1.165, 1.54) is 47.9 Å². The summed E-state index contributed by atoms with van der Waals surface area (Å²) in [6.45, 7) is 14.2. The third-order valence-electron chi connectivity index (χ3n) is 7.47. The van der Waals surface area contributed by atoms with E-state index >= 15 is 0 Å². The van der Waals surface area contributed by atoms with Gasteiger partial charge in [0.15, 0.2) is 6.10 Å². The number of carboxylic acids is 1. The molecule has 1 saturated carbocycles. The zero-order valence-corrected chi connectivity index (χ0v) is 21.1. The van der Waals surface area contributed by atoms with Crippen LogP contribution in [0.25, 0.3) is 11.1 Å². The highest BCUT2D eigenvalue weighted by molar-refractivity contribution is 5.84. The molecule has 0 radical (unpaired) electrons. The van der Waals surface area contributed by atoms with Crippen LogP contribution >= 0.6 is 0 Å². The molecule has 0 amide bonds. The minimum Gasteiger partial charge on any atom is -0.479 e. The molecule has 1 aliphatic heterocycles. The molecule has 1 heterocycles.